The molecule has 544 valence electrons. The standard InChI is InChI=1S/C25H21N.2C19H15N.C17H15N.C13H11N.C13H13N/c1-26(24-16-12-22(13-17-24)20-8-4-2-5-9-20)25-18-14-23(15-19-25)21-10-6-3-7-11-21;1-14-8-7-13-18-19(14)16-11-5-6-12-17(16)20(18)15-9-3-2-4-10-15;1-14-11-12-19-17(13-14)16-9-5-6-10-18(16)20(19)15-7-3-2-4-8-15;1-18(16-9-3-2-4-10-16)17-12-11-14-7-5-6-8-15(14)13-17;1-14-12-8-4-2-6-10(12)11-7-3-5-9-13(11)14;1-14(12-8-4-2-5-9-12)13-10-6-3-7-11-13/h2-19H,1H3;2*2-13H,1H3;2-13H,1H3;2-9H,1H3;2-11H,1H3. The van der Waals surface area contributed by atoms with Crippen LogP contribution in [0.2, 0.25) is 0 Å². The average Bonchev–Trinajstić information content (AvgIpc) is 1.60. The zero-order valence-electron chi connectivity index (χ0n) is 64.3. The summed E-state index contributed by atoms with van der Waals surface area (Å²) >= 11 is 0. The van der Waals surface area contributed by atoms with Crippen molar-refractivity contribution in [3.63, 3.8) is 0 Å². The number of benzene rings is 17. The summed E-state index contributed by atoms with van der Waals surface area (Å²) in [5, 5.41) is 10.5. The summed E-state index contributed by atoms with van der Waals surface area (Å²) in [4.78, 5) is 6.58. The van der Waals surface area contributed by atoms with E-state index in [-0.39, 0.29) is 0 Å². The van der Waals surface area contributed by atoms with E-state index in [1.165, 1.54) is 155 Å². The monoisotopic (exact) mass is 1450 g/mol. The van der Waals surface area contributed by atoms with Gasteiger partial charge in [-0.25, -0.2) is 0 Å². The third kappa shape index (κ3) is 16.4. The van der Waals surface area contributed by atoms with Gasteiger partial charge in [-0.15, -0.1) is 0 Å². The molecule has 0 saturated heterocycles. The lowest BCUT2D eigenvalue weighted by Crippen LogP contribution is -2.08. The van der Waals surface area contributed by atoms with Crippen LogP contribution in [0, 0.1) is 13.8 Å². The van der Waals surface area contributed by atoms with E-state index in [1.807, 2.05) is 30.3 Å². The average molecular weight is 1450 g/mol. The lowest BCUT2D eigenvalue weighted by atomic mass is 10.0. The third-order valence-electron chi connectivity index (χ3n) is 20.9. The van der Waals surface area contributed by atoms with Crippen molar-refractivity contribution in [1.82, 2.24) is 13.7 Å². The van der Waals surface area contributed by atoms with Crippen LogP contribution in [-0.4, -0.2) is 34.8 Å². The number of anilines is 6. The van der Waals surface area contributed by atoms with Crippen molar-refractivity contribution < 1.29 is 0 Å². The number of nitrogens with zero attached hydrogens (tertiary/aromatic N) is 6. The number of para-hydroxylation sites is 9. The van der Waals surface area contributed by atoms with Gasteiger partial charge in [0.25, 0.3) is 0 Å². The zero-order chi connectivity index (χ0) is 76.5. The molecule has 0 aliphatic carbocycles. The lowest BCUT2D eigenvalue weighted by molar-refractivity contribution is 1.01. The van der Waals surface area contributed by atoms with Crippen LogP contribution in [0.3, 0.4) is 0 Å². The Morgan fingerprint density at radius 1 is 0.205 bits per heavy atom. The van der Waals surface area contributed by atoms with Gasteiger partial charge >= 0.3 is 0 Å². The molecule has 0 unspecified atom stereocenters. The van der Waals surface area contributed by atoms with Crippen molar-refractivity contribution in [3.05, 3.63) is 448 Å². The molecule has 112 heavy (non-hydrogen) atoms. The Labute approximate surface area is 658 Å². The molecular weight excluding hydrogens is 1360 g/mol. The molecule has 6 heteroatoms. The van der Waals surface area contributed by atoms with Crippen molar-refractivity contribution in [2.24, 2.45) is 7.05 Å². The summed E-state index contributed by atoms with van der Waals surface area (Å²) in [6, 6.07) is 153. The molecule has 0 N–H and O–H groups in total. The van der Waals surface area contributed by atoms with Crippen LogP contribution in [-0.2, 0) is 7.05 Å². The number of aromatic nitrogens is 3. The van der Waals surface area contributed by atoms with Crippen LogP contribution < -0.4 is 14.7 Å². The second-order valence-electron chi connectivity index (χ2n) is 28.0. The van der Waals surface area contributed by atoms with E-state index in [9.17, 15) is 0 Å². The van der Waals surface area contributed by atoms with Crippen molar-refractivity contribution in [3.8, 4) is 33.6 Å². The Bertz CT molecular complexity index is 6240. The maximum Gasteiger partial charge on any atom is 0.0543 e. The fourth-order valence-electron chi connectivity index (χ4n) is 14.9. The van der Waals surface area contributed by atoms with E-state index < -0.39 is 0 Å². The largest absolute Gasteiger partial charge is 0.345 e. The Balaban J connectivity index is 0.000000108. The van der Waals surface area contributed by atoms with Crippen molar-refractivity contribution in [2.45, 2.75) is 13.8 Å². The minimum absolute atomic E-state index is 1.18. The number of rotatable bonds is 10. The zero-order valence-corrected chi connectivity index (χ0v) is 64.3. The van der Waals surface area contributed by atoms with Gasteiger partial charge in [0.2, 0.25) is 0 Å². The first-order chi connectivity index (χ1) is 55.1. The highest BCUT2D eigenvalue weighted by Crippen LogP contribution is 2.37. The van der Waals surface area contributed by atoms with E-state index in [4.69, 9.17) is 0 Å². The van der Waals surface area contributed by atoms with Crippen LogP contribution in [0.5, 0.6) is 0 Å². The van der Waals surface area contributed by atoms with Crippen LogP contribution in [0.1, 0.15) is 11.1 Å². The number of fused-ring (bicyclic) bond motifs is 10. The highest BCUT2D eigenvalue weighted by atomic mass is 15.1. The molecule has 0 spiro atoms. The molecule has 17 aromatic carbocycles. The summed E-state index contributed by atoms with van der Waals surface area (Å²) < 4.78 is 6.92. The molecule has 20 rings (SSSR count). The van der Waals surface area contributed by atoms with Gasteiger partial charge in [0.05, 0.1) is 22.1 Å². The summed E-state index contributed by atoms with van der Waals surface area (Å²) in [5.74, 6) is 0. The van der Waals surface area contributed by atoms with Gasteiger partial charge in [-0.2, -0.15) is 0 Å². The van der Waals surface area contributed by atoms with Crippen LogP contribution in [0.4, 0.5) is 34.1 Å². The molecule has 20 aromatic rings. The van der Waals surface area contributed by atoms with Crippen molar-refractivity contribution in [1.29, 1.82) is 0 Å². The lowest BCUT2D eigenvalue weighted by Gasteiger charge is -2.20. The summed E-state index contributed by atoms with van der Waals surface area (Å²) in [6.07, 6.45) is 0. The molecule has 0 bridgehead atoms. The minimum Gasteiger partial charge on any atom is -0.345 e. The van der Waals surface area contributed by atoms with Gasteiger partial charge in [-0.05, 0) is 192 Å². The van der Waals surface area contributed by atoms with E-state index in [0.29, 0.717) is 0 Å². The first-order valence-corrected chi connectivity index (χ1v) is 38.3. The molecule has 0 aliphatic heterocycles. The normalized spacial score (nSPS) is 10.8. The Kier molecular flexibility index (Phi) is 22.8. The van der Waals surface area contributed by atoms with E-state index in [0.717, 1.165) is 0 Å². The molecule has 0 saturated carbocycles. The first kappa shape index (κ1) is 73.3. The first-order valence-electron chi connectivity index (χ1n) is 38.3. The summed E-state index contributed by atoms with van der Waals surface area (Å²) in [6.45, 7) is 4.33. The van der Waals surface area contributed by atoms with E-state index >= 15 is 0 Å². The van der Waals surface area contributed by atoms with Gasteiger partial charge in [-0.1, -0.05) is 303 Å². The van der Waals surface area contributed by atoms with E-state index in [1.54, 1.807) is 0 Å². The number of aryl methyl sites for hydroxylation is 3. The number of hydrogen-bond donors (Lipinski definition) is 0. The quantitative estimate of drug-likeness (QED) is 0.136. The molecule has 3 heterocycles. The predicted molar refractivity (Wildman–Crippen MR) is 483 cm³/mol. The molecule has 3 aromatic heterocycles. The highest BCUT2D eigenvalue weighted by Gasteiger charge is 2.15. The van der Waals surface area contributed by atoms with Gasteiger partial charge in [0, 0.05) is 117 Å². The number of hydrogen-bond acceptors (Lipinski definition) is 3. The van der Waals surface area contributed by atoms with Gasteiger partial charge in [0.15, 0.2) is 0 Å². The second-order valence-corrected chi connectivity index (χ2v) is 28.0. The van der Waals surface area contributed by atoms with Gasteiger partial charge in [-0.3, -0.25) is 0 Å². The van der Waals surface area contributed by atoms with Gasteiger partial charge in [0.1, 0.15) is 0 Å². The molecule has 0 atom stereocenters. The predicted octanol–water partition coefficient (Wildman–Crippen LogP) is 28.4. The van der Waals surface area contributed by atoms with Crippen molar-refractivity contribution >= 4 is 110 Å². The maximum absolute atomic E-state index is 2.34. The molecule has 6 nitrogen and oxygen atoms in total. The van der Waals surface area contributed by atoms with Crippen LogP contribution in [0.15, 0.2) is 437 Å². The fourth-order valence-corrected chi connectivity index (χ4v) is 14.9. The second kappa shape index (κ2) is 34.8. The third-order valence-corrected chi connectivity index (χ3v) is 20.9. The summed E-state index contributed by atoms with van der Waals surface area (Å²) in [7, 11) is 8.39. The highest BCUT2D eigenvalue weighted by molar-refractivity contribution is 6.12. The SMILES string of the molecule is CN(c1ccc(-c2ccccc2)cc1)c1ccc(-c2ccccc2)cc1.CN(c1ccccc1)c1ccc2ccccc2c1.CN(c1ccccc1)c1ccccc1.Cc1ccc2c(c1)c1ccccc1n2-c1ccccc1.Cc1cccc2c1c1ccccc1n2-c1ccccc1.Cn1c2ccccc2c2ccccc21. The smallest absolute Gasteiger partial charge is 0.0543 e. The topological polar surface area (TPSA) is 24.5 Å². The van der Waals surface area contributed by atoms with Gasteiger partial charge < -0.3 is 28.4 Å². The fraction of sp³-hybridized carbons (Fsp3) is 0.0566. The molecular formula is C106H90N6. The van der Waals surface area contributed by atoms with Crippen molar-refractivity contribution in [2.75, 3.05) is 35.8 Å². The minimum atomic E-state index is 1.18. The van der Waals surface area contributed by atoms with Crippen LogP contribution in [0.25, 0.3) is 110 Å². The van der Waals surface area contributed by atoms with Crippen LogP contribution >= 0.6 is 0 Å². The summed E-state index contributed by atoms with van der Waals surface area (Å²) in [5.41, 5.74) is 24.9. The Morgan fingerprint density at radius 2 is 0.518 bits per heavy atom. The Morgan fingerprint density at radius 3 is 0.982 bits per heavy atom. The maximum atomic E-state index is 2.34. The molecule has 0 aliphatic rings. The van der Waals surface area contributed by atoms with E-state index in [2.05, 4.69) is 477 Å². The Hall–Kier alpha value is -14.2. The molecule has 0 radical (unpaired) electrons. The molecule has 0 amide bonds. The molecule has 0 fully saturated rings.